The number of nitrogens with one attached hydrogen (secondary N) is 1. The van der Waals surface area contributed by atoms with Crippen LogP contribution in [0.15, 0.2) is 27.8 Å². The maximum atomic E-state index is 12.3. The molecule has 0 bridgehead atoms. The van der Waals surface area contributed by atoms with E-state index in [4.69, 9.17) is 9.15 Å². The molecule has 0 spiro atoms. The lowest BCUT2D eigenvalue weighted by atomic mass is 10.2. The molecule has 1 aliphatic carbocycles. The van der Waals surface area contributed by atoms with Crippen molar-refractivity contribution >= 4 is 23.6 Å². The first-order valence-corrected chi connectivity index (χ1v) is 9.40. The van der Waals surface area contributed by atoms with Crippen LogP contribution in [-0.4, -0.2) is 34.7 Å². The van der Waals surface area contributed by atoms with Gasteiger partial charge in [-0.05, 0) is 38.8 Å². The molecule has 2 heterocycles. The average molecular weight is 375 g/mol. The minimum Gasteiger partial charge on any atom is -0.467 e. The van der Waals surface area contributed by atoms with Crippen LogP contribution >= 0.6 is 11.8 Å². The van der Waals surface area contributed by atoms with Crippen molar-refractivity contribution in [3.8, 4) is 0 Å². The number of amides is 1. The Kier molecular flexibility index (Phi) is 5.61. The number of aryl methyl sites for hydroxylation is 1. The Labute approximate surface area is 155 Å². The number of thioether (sulfide) groups is 1. The Morgan fingerprint density at radius 3 is 2.81 bits per heavy atom. The number of carbonyl (C=O) groups excluding carboxylic acids is 2. The van der Waals surface area contributed by atoms with E-state index in [1.165, 1.54) is 18.9 Å². The van der Waals surface area contributed by atoms with Crippen LogP contribution in [0, 0.1) is 6.92 Å². The third-order valence-corrected chi connectivity index (χ3v) is 5.07. The first-order chi connectivity index (χ1) is 12.5. The zero-order valence-corrected chi connectivity index (χ0v) is 15.8. The normalized spacial score (nSPS) is 14.7. The van der Waals surface area contributed by atoms with Gasteiger partial charge >= 0.3 is 5.97 Å². The van der Waals surface area contributed by atoms with E-state index in [2.05, 4.69) is 15.3 Å². The molecule has 2 aromatic rings. The van der Waals surface area contributed by atoms with Crippen LogP contribution in [0.3, 0.4) is 0 Å². The van der Waals surface area contributed by atoms with Crippen molar-refractivity contribution in [3.05, 3.63) is 41.2 Å². The average Bonchev–Trinajstić information content (AvgIpc) is 3.32. The number of furan rings is 1. The van der Waals surface area contributed by atoms with Gasteiger partial charge in [0.05, 0.1) is 30.9 Å². The van der Waals surface area contributed by atoms with E-state index in [0.29, 0.717) is 28.0 Å². The van der Waals surface area contributed by atoms with Crippen molar-refractivity contribution in [1.29, 1.82) is 0 Å². The van der Waals surface area contributed by atoms with Crippen LogP contribution in [0.4, 0.5) is 0 Å². The lowest BCUT2D eigenvalue weighted by molar-refractivity contribution is -0.119. The smallest absolute Gasteiger partial charge is 0.342 e. The zero-order chi connectivity index (χ0) is 18.7. The van der Waals surface area contributed by atoms with Gasteiger partial charge in [-0.3, -0.25) is 4.79 Å². The molecule has 1 N–H and O–H groups in total. The first kappa shape index (κ1) is 18.4. The number of hydrogen-bond donors (Lipinski definition) is 1. The predicted molar refractivity (Wildman–Crippen MR) is 96.1 cm³/mol. The summed E-state index contributed by atoms with van der Waals surface area (Å²) in [5.74, 6) is 1.26. The van der Waals surface area contributed by atoms with Crippen LogP contribution < -0.4 is 5.32 Å². The lowest BCUT2D eigenvalue weighted by Gasteiger charge is -2.13. The summed E-state index contributed by atoms with van der Waals surface area (Å²) < 4.78 is 10.1. The van der Waals surface area contributed by atoms with E-state index < -0.39 is 5.97 Å². The molecular weight excluding hydrogens is 354 g/mol. The van der Waals surface area contributed by atoms with Gasteiger partial charge in [0.15, 0.2) is 0 Å². The monoisotopic (exact) mass is 375 g/mol. The minimum absolute atomic E-state index is 0.135. The topological polar surface area (TPSA) is 94.3 Å². The second kappa shape index (κ2) is 7.90. The Hall–Kier alpha value is -2.35. The fourth-order valence-corrected chi connectivity index (χ4v) is 3.44. The van der Waals surface area contributed by atoms with Gasteiger partial charge < -0.3 is 14.5 Å². The number of esters is 1. The van der Waals surface area contributed by atoms with Crippen molar-refractivity contribution in [1.82, 2.24) is 15.3 Å². The molecule has 0 aromatic carbocycles. The van der Waals surface area contributed by atoms with Crippen LogP contribution in [0.2, 0.25) is 0 Å². The Bertz CT molecular complexity index is 803. The van der Waals surface area contributed by atoms with E-state index >= 15 is 0 Å². The van der Waals surface area contributed by atoms with Gasteiger partial charge in [-0.1, -0.05) is 11.8 Å². The molecule has 1 fully saturated rings. The molecule has 1 unspecified atom stereocenters. The predicted octanol–water partition coefficient (Wildman–Crippen LogP) is 3.01. The van der Waals surface area contributed by atoms with E-state index in [1.54, 1.807) is 19.3 Å². The summed E-state index contributed by atoms with van der Waals surface area (Å²) in [5.41, 5.74) is 0.911. The Balaban J connectivity index is 1.71. The third-order valence-electron chi connectivity index (χ3n) is 4.09. The minimum atomic E-state index is -0.489. The number of hydrogen-bond acceptors (Lipinski definition) is 7. The summed E-state index contributed by atoms with van der Waals surface area (Å²) in [6.07, 6.45) is 3.68. The molecule has 1 atom stereocenters. The maximum Gasteiger partial charge on any atom is 0.342 e. The second-order valence-electron chi connectivity index (χ2n) is 6.21. The molecule has 0 radical (unpaired) electrons. The van der Waals surface area contributed by atoms with Crippen molar-refractivity contribution in [2.45, 2.75) is 43.7 Å². The number of nitrogens with zero attached hydrogens (tertiary/aromatic N) is 2. The van der Waals surface area contributed by atoms with Gasteiger partial charge in [0.25, 0.3) is 0 Å². The van der Waals surface area contributed by atoms with Crippen molar-refractivity contribution in [2.24, 2.45) is 0 Å². The molecule has 0 aliphatic heterocycles. The summed E-state index contributed by atoms with van der Waals surface area (Å²) in [5, 5.41) is 3.36. The van der Waals surface area contributed by atoms with Gasteiger partial charge in [0, 0.05) is 5.92 Å². The number of carbonyl (C=O) groups is 2. The highest BCUT2D eigenvalue weighted by molar-refractivity contribution is 8.00. The molecule has 138 valence electrons. The molecule has 1 aliphatic rings. The quantitative estimate of drug-likeness (QED) is 0.451. The van der Waals surface area contributed by atoms with Gasteiger partial charge in [-0.25, -0.2) is 14.8 Å². The standard InChI is InChI=1S/C18H21N3O4S/c1-10(13-5-4-8-25-13)19-14(22)9-26-17-15(18(23)24-3)11(2)20-16(21-17)12-6-7-12/h4-5,8,10,12H,6-7,9H2,1-3H3,(H,19,22). The fourth-order valence-electron chi connectivity index (χ4n) is 2.56. The van der Waals surface area contributed by atoms with E-state index in [-0.39, 0.29) is 17.7 Å². The lowest BCUT2D eigenvalue weighted by Crippen LogP contribution is -2.28. The highest BCUT2D eigenvalue weighted by Gasteiger charge is 2.30. The van der Waals surface area contributed by atoms with Gasteiger partial charge in [0.2, 0.25) is 5.91 Å². The fraction of sp³-hybridized carbons (Fsp3) is 0.444. The number of methoxy groups -OCH3 is 1. The summed E-state index contributed by atoms with van der Waals surface area (Å²) in [6, 6.07) is 3.36. The largest absolute Gasteiger partial charge is 0.467 e. The third kappa shape index (κ3) is 4.24. The van der Waals surface area contributed by atoms with Gasteiger partial charge in [-0.2, -0.15) is 0 Å². The highest BCUT2D eigenvalue weighted by Crippen LogP contribution is 2.39. The molecule has 1 amide bonds. The van der Waals surface area contributed by atoms with Crippen molar-refractivity contribution in [2.75, 3.05) is 12.9 Å². The van der Waals surface area contributed by atoms with Crippen LogP contribution in [0.1, 0.15) is 59.4 Å². The number of rotatable bonds is 7. The summed E-state index contributed by atoms with van der Waals surface area (Å²) in [4.78, 5) is 33.3. The van der Waals surface area contributed by atoms with Crippen LogP contribution in [-0.2, 0) is 9.53 Å². The molecule has 3 rings (SSSR count). The molecule has 1 saturated carbocycles. The maximum absolute atomic E-state index is 12.3. The van der Waals surface area contributed by atoms with Crippen molar-refractivity contribution < 1.29 is 18.7 Å². The molecule has 0 saturated heterocycles. The molecule has 8 heteroatoms. The second-order valence-corrected chi connectivity index (χ2v) is 7.17. The molecule has 26 heavy (non-hydrogen) atoms. The Morgan fingerprint density at radius 2 is 2.19 bits per heavy atom. The first-order valence-electron chi connectivity index (χ1n) is 8.42. The van der Waals surface area contributed by atoms with E-state index in [1.807, 2.05) is 13.0 Å². The zero-order valence-electron chi connectivity index (χ0n) is 14.9. The molecule has 7 nitrogen and oxygen atoms in total. The van der Waals surface area contributed by atoms with Crippen molar-refractivity contribution in [3.63, 3.8) is 0 Å². The number of ether oxygens (including phenoxy) is 1. The summed E-state index contributed by atoms with van der Waals surface area (Å²) in [6.45, 7) is 3.62. The van der Waals surface area contributed by atoms with Crippen LogP contribution in [0.5, 0.6) is 0 Å². The summed E-state index contributed by atoms with van der Waals surface area (Å²) >= 11 is 1.22. The van der Waals surface area contributed by atoms with Gasteiger partial charge in [0.1, 0.15) is 22.2 Å². The molecule has 2 aromatic heterocycles. The highest BCUT2D eigenvalue weighted by atomic mass is 32.2. The van der Waals surface area contributed by atoms with E-state index in [0.717, 1.165) is 18.7 Å². The SMILES string of the molecule is COC(=O)c1c(C)nc(C2CC2)nc1SCC(=O)NC(C)c1ccco1. The Morgan fingerprint density at radius 1 is 1.42 bits per heavy atom. The number of aromatic nitrogens is 2. The molecular formula is C18H21N3O4S. The summed E-state index contributed by atoms with van der Waals surface area (Å²) in [7, 11) is 1.32. The van der Waals surface area contributed by atoms with Gasteiger partial charge in [-0.15, -0.1) is 0 Å². The van der Waals surface area contributed by atoms with E-state index in [9.17, 15) is 9.59 Å². The van der Waals surface area contributed by atoms with Crippen LogP contribution in [0.25, 0.3) is 0 Å².